The Balaban J connectivity index is 1.49. The van der Waals surface area contributed by atoms with E-state index in [0.29, 0.717) is 12.3 Å². The molecule has 0 aliphatic heterocycles. The van der Waals surface area contributed by atoms with E-state index in [1.165, 1.54) is 12.1 Å². The van der Waals surface area contributed by atoms with Crippen LogP contribution in [0.3, 0.4) is 0 Å². The predicted octanol–water partition coefficient (Wildman–Crippen LogP) is 3.04. The van der Waals surface area contributed by atoms with Crippen LogP contribution in [0.2, 0.25) is 0 Å². The van der Waals surface area contributed by atoms with Crippen molar-refractivity contribution >= 4 is 5.91 Å². The van der Waals surface area contributed by atoms with E-state index in [1.807, 2.05) is 12.1 Å². The Kier molecular flexibility index (Phi) is 6.34. The lowest BCUT2D eigenvalue weighted by Crippen LogP contribution is -2.48. The average molecular weight is 356 g/mol. The number of hydrogen-bond donors (Lipinski definition) is 2. The Morgan fingerprint density at radius 2 is 1.85 bits per heavy atom. The highest BCUT2D eigenvalue weighted by Crippen LogP contribution is 2.31. The van der Waals surface area contributed by atoms with Gasteiger partial charge in [0.2, 0.25) is 5.91 Å². The maximum Gasteiger partial charge on any atom is 0.220 e. The zero-order chi connectivity index (χ0) is 18.4. The van der Waals surface area contributed by atoms with Gasteiger partial charge in [0.05, 0.1) is 6.10 Å². The molecule has 0 bridgehead atoms. The van der Waals surface area contributed by atoms with Gasteiger partial charge in [-0.05, 0) is 73.4 Å². The van der Waals surface area contributed by atoms with Crippen molar-refractivity contribution in [3.63, 3.8) is 0 Å². The van der Waals surface area contributed by atoms with Gasteiger partial charge >= 0.3 is 0 Å². The van der Waals surface area contributed by atoms with Gasteiger partial charge in [0.1, 0.15) is 5.82 Å². The number of carbonyl (C=O) groups is 1. The summed E-state index contributed by atoms with van der Waals surface area (Å²) in [6.45, 7) is 0. The van der Waals surface area contributed by atoms with E-state index < -0.39 is 0 Å². The Morgan fingerprint density at radius 3 is 2.50 bits per heavy atom. The van der Waals surface area contributed by atoms with Crippen LogP contribution in [0.4, 0.5) is 4.39 Å². The number of aromatic nitrogens is 1. The highest BCUT2D eigenvalue weighted by Gasteiger charge is 2.34. The van der Waals surface area contributed by atoms with E-state index in [1.54, 1.807) is 24.5 Å². The van der Waals surface area contributed by atoms with E-state index in [9.17, 15) is 14.3 Å². The van der Waals surface area contributed by atoms with Gasteiger partial charge in [-0.2, -0.15) is 0 Å². The minimum atomic E-state index is -0.242. The van der Waals surface area contributed by atoms with E-state index in [4.69, 9.17) is 0 Å². The summed E-state index contributed by atoms with van der Waals surface area (Å²) < 4.78 is 12.9. The third-order valence-electron chi connectivity index (χ3n) is 5.05. The lowest BCUT2D eigenvalue weighted by atomic mass is 9.75. The number of pyridine rings is 1. The minimum Gasteiger partial charge on any atom is -0.393 e. The molecule has 0 spiro atoms. The van der Waals surface area contributed by atoms with Crippen molar-refractivity contribution in [2.75, 3.05) is 0 Å². The number of aryl methyl sites for hydroxylation is 1. The molecule has 0 radical (unpaired) electrons. The number of rotatable bonds is 8. The van der Waals surface area contributed by atoms with Gasteiger partial charge in [-0.15, -0.1) is 0 Å². The highest BCUT2D eigenvalue weighted by atomic mass is 19.1. The number of nitrogens with one attached hydrogen (secondary N) is 1. The summed E-state index contributed by atoms with van der Waals surface area (Å²) >= 11 is 0. The molecule has 138 valence electrons. The summed E-state index contributed by atoms with van der Waals surface area (Å²) in [6.07, 6.45) is 7.44. The number of benzene rings is 1. The van der Waals surface area contributed by atoms with Gasteiger partial charge in [-0.25, -0.2) is 4.39 Å². The molecule has 1 atom stereocenters. The molecule has 2 N–H and O–H groups in total. The molecule has 1 fully saturated rings. The van der Waals surface area contributed by atoms with Crippen molar-refractivity contribution in [1.29, 1.82) is 0 Å². The van der Waals surface area contributed by atoms with Gasteiger partial charge in [0, 0.05) is 24.9 Å². The summed E-state index contributed by atoms with van der Waals surface area (Å²) in [7, 11) is 0. The third kappa shape index (κ3) is 5.36. The fourth-order valence-corrected chi connectivity index (χ4v) is 3.45. The molecule has 1 aromatic carbocycles. The number of aliphatic hydroxyl groups excluding tert-OH is 1. The van der Waals surface area contributed by atoms with Crippen LogP contribution in [0.25, 0.3) is 0 Å². The molecule has 1 saturated carbocycles. The van der Waals surface area contributed by atoms with Crippen LogP contribution in [-0.2, 0) is 17.6 Å². The number of halogens is 1. The van der Waals surface area contributed by atoms with Crippen LogP contribution in [0, 0.1) is 11.7 Å². The van der Waals surface area contributed by atoms with Crippen LogP contribution in [0.1, 0.15) is 36.8 Å². The molecule has 1 heterocycles. The summed E-state index contributed by atoms with van der Waals surface area (Å²) in [5, 5.41) is 12.8. The summed E-state index contributed by atoms with van der Waals surface area (Å²) in [6, 6.07) is 10.4. The largest absolute Gasteiger partial charge is 0.393 e. The van der Waals surface area contributed by atoms with E-state index in [-0.39, 0.29) is 23.9 Å². The van der Waals surface area contributed by atoms with Crippen LogP contribution >= 0.6 is 0 Å². The van der Waals surface area contributed by atoms with E-state index in [2.05, 4.69) is 10.3 Å². The Bertz CT molecular complexity index is 700. The molecule has 1 aliphatic rings. The second-order valence-electron chi connectivity index (χ2n) is 7.10. The second kappa shape index (κ2) is 8.90. The zero-order valence-corrected chi connectivity index (χ0v) is 14.8. The molecule has 5 heteroatoms. The first kappa shape index (κ1) is 18.5. The molecular weight excluding hydrogens is 331 g/mol. The normalized spacial score (nSPS) is 20.2. The number of hydrogen-bond acceptors (Lipinski definition) is 3. The lowest BCUT2D eigenvalue weighted by Gasteiger charge is -2.38. The molecule has 3 rings (SSSR count). The number of carbonyl (C=O) groups excluding carboxylic acids is 1. The van der Waals surface area contributed by atoms with Gasteiger partial charge in [0.15, 0.2) is 0 Å². The molecular formula is C21H25FN2O2. The molecule has 2 aromatic rings. The second-order valence-corrected chi connectivity index (χ2v) is 7.10. The fraction of sp³-hybridized carbons (Fsp3) is 0.429. The Morgan fingerprint density at radius 1 is 1.15 bits per heavy atom. The van der Waals surface area contributed by atoms with E-state index in [0.717, 1.165) is 43.2 Å². The van der Waals surface area contributed by atoms with Gasteiger partial charge in [-0.3, -0.25) is 9.78 Å². The van der Waals surface area contributed by atoms with Gasteiger partial charge < -0.3 is 10.4 Å². The molecule has 26 heavy (non-hydrogen) atoms. The van der Waals surface area contributed by atoms with Crippen LogP contribution < -0.4 is 5.32 Å². The Labute approximate surface area is 153 Å². The van der Waals surface area contributed by atoms with Crippen LogP contribution in [-0.4, -0.2) is 28.1 Å². The molecule has 0 unspecified atom stereocenters. The summed E-state index contributed by atoms with van der Waals surface area (Å²) in [4.78, 5) is 16.4. The van der Waals surface area contributed by atoms with Crippen molar-refractivity contribution in [3.8, 4) is 0 Å². The van der Waals surface area contributed by atoms with Crippen LogP contribution in [0.5, 0.6) is 0 Å². The Hall–Kier alpha value is -2.27. The van der Waals surface area contributed by atoms with Crippen molar-refractivity contribution in [1.82, 2.24) is 10.3 Å². The fourth-order valence-electron chi connectivity index (χ4n) is 3.45. The first-order valence-electron chi connectivity index (χ1n) is 9.21. The first-order chi connectivity index (χ1) is 12.6. The number of amides is 1. The standard InChI is InChI=1S/C21H25FN2O2/c22-18-6-4-15(5-7-18)2-1-3-21(26)24-20(17-13-19(25)14-17)12-16-8-10-23-11-9-16/h4-11,17,19-20,25H,1-3,12-14H2,(H,24,26)/t17?,19?,20-/m0/s1. The van der Waals surface area contributed by atoms with Gasteiger partial charge in [0.25, 0.3) is 0 Å². The molecule has 1 amide bonds. The molecule has 1 aromatic heterocycles. The van der Waals surface area contributed by atoms with E-state index >= 15 is 0 Å². The minimum absolute atomic E-state index is 0.0348. The topological polar surface area (TPSA) is 62.2 Å². The average Bonchev–Trinajstić information content (AvgIpc) is 2.61. The maximum absolute atomic E-state index is 12.9. The number of aliphatic hydroxyl groups is 1. The molecule has 0 saturated heterocycles. The number of nitrogens with zero attached hydrogens (tertiary/aromatic N) is 1. The monoisotopic (exact) mass is 356 g/mol. The van der Waals surface area contributed by atoms with Crippen molar-refractivity contribution in [2.45, 2.75) is 50.7 Å². The first-order valence-corrected chi connectivity index (χ1v) is 9.21. The quantitative estimate of drug-likeness (QED) is 0.764. The molecule has 4 nitrogen and oxygen atoms in total. The smallest absolute Gasteiger partial charge is 0.220 e. The summed E-state index contributed by atoms with van der Waals surface area (Å²) in [5.74, 6) is 0.111. The predicted molar refractivity (Wildman–Crippen MR) is 97.9 cm³/mol. The lowest BCUT2D eigenvalue weighted by molar-refractivity contribution is -0.123. The SMILES string of the molecule is O=C(CCCc1ccc(F)cc1)N[C@@H](Cc1ccncc1)C1CC(O)C1. The zero-order valence-electron chi connectivity index (χ0n) is 14.8. The van der Waals surface area contributed by atoms with Crippen molar-refractivity contribution in [2.24, 2.45) is 5.92 Å². The van der Waals surface area contributed by atoms with Crippen LogP contribution in [0.15, 0.2) is 48.8 Å². The van der Waals surface area contributed by atoms with Crippen molar-refractivity contribution in [3.05, 3.63) is 65.7 Å². The highest BCUT2D eigenvalue weighted by molar-refractivity contribution is 5.76. The molecule has 1 aliphatic carbocycles. The third-order valence-corrected chi connectivity index (χ3v) is 5.05. The van der Waals surface area contributed by atoms with Gasteiger partial charge in [-0.1, -0.05) is 12.1 Å². The summed E-state index contributed by atoms with van der Waals surface area (Å²) in [5.41, 5.74) is 2.17. The van der Waals surface area contributed by atoms with Crippen molar-refractivity contribution < 1.29 is 14.3 Å². The maximum atomic E-state index is 12.9.